The minimum atomic E-state index is -0.317. The minimum Gasteiger partial charge on any atom is -0.457 e. The van der Waals surface area contributed by atoms with Gasteiger partial charge in [-0.2, -0.15) is 5.26 Å². The van der Waals surface area contributed by atoms with Crippen LogP contribution in [-0.2, 0) is 4.79 Å². The Kier molecular flexibility index (Phi) is 5.49. The summed E-state index contributed by atoms with van der Waals surface area (Å²) < 4.78 is 5.71. The number of benzene rings is 2. The second kappa shape index (κ2) is 8.17. The molecule has 0 spiro atoms. The predicted molar refractivity (Wildman–Crippen MR) is 95.8 cm³/mol. The highest BCUT2D eigenvalue weighted by Crippen LogP contribution is 2.22. The average molecular weight is 349 g/mol. The molecule has 1 aliphatic rings. The summed E-state index contributed by atoms with van der Waals surface area (Å²) in [4.78, 5) is 26.1. The third kappa shape index (κ3) is 4.39. The first kappa shape index (κ1) is 17.5. The van der Waals surface area contributed by atoms with Gasteiger partial charge in [0.15, 0.2) is 0 Å². The Morgan fingerprint density at radius 2 is 1.81 bits per heavy atom. The van der Waals surface area contributed by atoms with Crippen molar-refractivity contribution in [2.45, 2.75) is 12.8 Å². The SMILES string of the molecule is N#Cc1ccc(Oc2cccc(C(=O)NCC(=O)N3CCCC3)c2)cc1. The summed E-state index contributed by atoms with van der Waals surface area (Å²) in [6.07, 6.45) is 2.04. The van der Waals surface area contributed by atoms with Crippen LogP contribution in [0.25, 0.3) is 0 Å². The van der Waals surface area contributed by atoms with Crippen molar-refractivity contribution in [3.8, 4) is 17.6 Å². The number of hydrogen-bond donors (Lipinski definition) is 1. The van der Waals surface area contributed by atoms with E-state index < -0.39 is 0 Å². The Morgan fingerprint density at radius 3 is 2.50 bits per heavy atom. The Labute approximate surface area is 152 Å². The smallest absolute Gasteiger partial charge is 0.251 e. The van der Waals surface area contributed by atoms with Gasteiger partial charge in [-0.1, -0.05) is 6.07 Å². The van der Waals surface area contributed by atoms with Crippen LogP contribution < -0.4 is 10.1 Å². The largest absolute Gasteiger partial charge is 0.457 e. The number of rotatable bonds is 5. The maximum Gasteiger partial charge on any atom is 0.251 e. The summed E-state index contributed by atoms with van der Waals surface area (Å²) in [6, 6.07) is 15.5. The van der Waals surface area contributed by atoms with E-state index >= 15 is 0 Å². The maximum absolute atomic E-state index is 12.3. The molecule has 0 radical (unpaired) electrons. The first-order chi connectivity index (χ1) is 12.7. The van der Waals surface area contributed by atoms with Crippen LogP contribution in [0.5, 0.6) is 11.5 Å². The first-order valence-corrected chi connectivity index (χ1v) is 8.50. The molecule has 132 valence electrons. The van der Waals surface area contributed by atoms with E-state index in [2.05, 4.69) is 5.32 Å². The van der Waals surface area contributed by atoms with Crippen molar-refractivity contribution in [3.63, 3.8) is 0 Å². The van der Waals surface area contributed by atoms with E-state index in [0.29, 0.717) is 22.6 Å². The maximum atomic E-state index is 12.3. The lowest BCUT2D eigenvalue weighted by atomic mass is 10.2. The van der Waals surface area contributed by atoms with Crippen molar-refractivity contribution in [3.05, 3.63) is 59.7 Å². The van der Waals surface area contributed by atoms with Crippen molar-refractivity contribution in [2.24, 2.45) is 0 Å². The van der Waals surface area contributed by atoms with Gasteiger partial charge in [-0.15, -0.1) is 0 Å². The highest BCUT2D eigenvalue weighted by Gasteiger charge is 2.18. The summed E-state index contributed by atoms with van der Waals surface area (Å²) in [5, 5.41) is 11.5. The van der Waals surface area contributed by atoms with Crippen LogP contribution in [0, 0.1) is 11.3 Å². The average Bonchev–Trinajstić information content (AvgIpc) is 3.21. The van der Waals surface area contributed by atoms with Crippen molar-refractivity contribution in [1.29, 1.82) is 5.26 Å². The van der Waals surface area contributed by atoms with Crippen LogP contribution in [0.2, 0.25) is 0 Å². The molecular weight excluding hydrogens is 330 g/mol. The number of likely N-dealkylation sites (tertiary alicyclic amines) is 1. The van der Waals surface area contributed by atoms with E-state index in [9.17, 15) is 9.59 Å². The molecule has 26 heavy (non-hydrogen) atoms. The van der Waals surface area contributed by atoms with Gasteiger partial charge < -0.3 is 15.0 Å². The zero-order chi connectivity index (χ0) is 18.4. The molecular formula is C20H19N3O3. The predicted octanol–water partition coefficient (Wildman–Crippen LogP) is 2.70. The lowest BCUT2D eigenvalue weighted by Gasteiger charge is -2.15. The zero-order valence-electron chi connectivity index (χ0n) is 14.3. The van der Waals surface area contributed by atoms with Crippen LogP contribution in [0.15, 0.2) is 48.5 Å². The summed E-state index contributed by atoms with van der Waals surface area (Å²) in [6.45, 7) is 1.53. The molecule has 1 aliphatic heterocycles. The number of nitrogens with zero attached hydrogens (tertiary/aromatic N) is 2. The molecule has 6 nitrogen and oxygen atoms in total. The number of nitriles is 1. The Bertz CT molecular complexity index is 834. The summed E-state index contributed by atoms with van der Waals surface area (Å²) >= 11 is 0. The van der Waals surface area contributed by atoms with Crippen molar-refractivity contribution in [2.75, 3.05) is 19.6 Å². The van der Waals surface area contributed by atoms with Gasteiger partial charge in [-0.25, -0.2) is 0 Å². The second-order valence-corrected chi connectivity index (χ2v) is 6.04. The van der Waals surface area contributed by atoms with Crippen molar-refractivity contribution >= 4 is 11.8 Å². The molecule has 2 aromatic carbocycles. The standard InChI is InChI=1S/C20H19N3O3/c21-13-15-6-8-17(9-7-15)26-18-5-3-4-16(12-18)20(25)22-14-19(24)23-10-1-2-11-23/h3-9,12H,1-2,10-11,14H2,(H,22,25). The Balaban J connectivity index is 1.59. The molecule has 2 amide bonds. The molecule has 1 saturated heterocycles. The molecule has 6 heteroatoms. The second-order valence-electron chi connectivity index (χ2n) is 6.04. The fourth-order valence-electron chi connectivity index (χ4n) is 2.77. The molecule has 2 aromatic rings. The Hall–Kier alpha value is -3.33. The number of hydrogen-bond acceptors (Lipinski definition) is 4. The molecule has 0 atom stereocenters. The summed E-state index contributed by atoms with van der Waals surface area (Å²) in [5.74, 6) is 0.711. The number of carbonyl (C=O) groups excluding carboxylic acids is 2. The third-order valence-corrected chi connectivity index (χ3v) is 4.17. The van der Waals surface area contributed by atoms with Crippen molar-refractivity contribution < 1.29 is 14.3 Å². The molecule has 0 saturated carbocycles. The van der Waals surface area contributed by atoms with Crippen LogP contribution in [0.1, 0.15) is 28.8 Å². The summed E-state index contributed by atoms with van der Waals surface area (Å²) in [5.41, 5.74) is 0.971. The van der Waals surface area contributed by atoms with Crippen LogP contribution in [0.3, 0.4) is 0 Å². The molecule has 1 heterocycles. The van der Waals surface area contributed by atoms with Gasteiger partial charge in [0.1, 0.15) is 11.5 Å². The monoisotopic (exact) mass is 349 g/mol. The normalized spacial score (nSPS) is 13.1. The zero-order valence-corrected chi connectivity index (χ0v) is 14.3. The molecule has 3 rings (SSSR count). The van der Waals surface area contributed by atoms with E-state index in [4.69, 9.17) is 10.00 Å². The van der Waals surface area contributed by atoms with E-state index in [1.807, 2.05) is 6.07 Å². The van der Waals surface area contributed by atoms with Gasteiger partial charge >= 0.3 is 0 Å². The fraction of sp³-hybridized carbons (Fsp3) is 0.250. The number of nitrogens with one attached hydrogen (secondary N) is 1. The van der Waals surface area contributed by atoms with Crippen LogP contribution in [0.4, 0.5) is 0 Å². The van der Waals surface area contributed by atoms with Gasteiger partial charge in [0.25, 0.3) is 5.91 Å². The van der Waals surface area contributed by atoms with Gasteiger partial charge in [-0.3, -0.25) is 9.59 Å². The number of carbonyl (C=O) groups is 2. The number of ether oxygens (including phenoxy) is 1. The fourth-order valence-corrected chi connectivity index (χ4v) is 2.77. The molecule has 0 unspecified atom stereocenters. The topological polar surface area (TPSA) is 82.4 Å². The molecule has 1 N–H and O–H groups in total. The highest BCUT2D eigenvalue weighted by atomic mass is 16.5. The van der Waals surface area contributed by atoms with Gasteiger partial charge in [0, 0.05) is 18.7 Å². The van der Waals surface area contributed by atoms with Gasteiger partial charge in [0.05, 0.1) is 18.2 Å². The number of amides is 2. The van der Waals surface area contributed by atoms with E-state index in [-0.39, 0.29) is 18.4 Å². The Morgan fingerprint density at radius 1 is 1.08 bits per heavy atom. The van der Waals surface area contributed by atoms with E-state index in [1.165, 1.54) is 0 Å². The van der Waals surface area contributed by atoms with Crippen molar-refractivity contribution in [1.82, 2.24) is 10.2 Å². The van der Waals surface area contributed by atoms with Crippen LogP contribution >= 0.6 is 0 Å². The quantitative estimate of drug-likeness (QED) is 0.900. The minimum absolute atomic E-state index is 0.000456. The van der Waals surface area contributed by atoms with Gasteiger partial charge in [-0.05, 0) is 55.3 Å². The van der Waals surface area contributed by atoms with E-state index in [0.717, 1.165) is 25.9 Å². The first-order valence-electron chi connectivity index (χ1n) is 8.50. The molecule has 1 fully saturated rings. The molecule has 0 aliphatic carbocycles. The molecule has 0 bridgehead atoms. The van der Waals surface area contributed by atoms with E-state index in [1.54, 1.807) is 53.4 Å². The van der Waals surface area contributed by atoms with Crippen LogP contribution in [-0.4, -0.2) is 36.3 Å². The molecule has 0 aromatic heterocycles. The summed E-state index contributed by atoms with van der Waals surface area (Å²) in [7, 11) is 0. The lowest BCUT2D eigenvalue weighted by Crippen LogP contribution is -2.38. The third-order valence-electron chi connectivity index (χ3n) is 4.17. The van der Waals surface area contributed by atoms with Gasteiger partial charge in [0.2, 0.25) is 5.91 Å². The lowest BCUT2D eigenvalue weighted by molar-refractivity contribution is -0.129. The highest BCUT2D eigenvalue weighted by molar-refractivity contribution is 5.96.